The molecule has 0 aliphatic carbocycles. The third kappa shape index (κ3) is 4.44. The summed E-state index contributed by atoms with van der Waals surface area (Å²) in [6.07, 6.45) is -0.627. The van der Waals surface area contributed by atoms with E-state index >= 15 is 0 Å². The average molecular weight is 368 g/mol. The van der Waals surface area contributed by atoms with E-state index in [1.54, 1.807) is 40.0 Å². The molecule has 0 bridgehead atoms. The molecule has 1 amide bonds. The lowest BCUT2D eigenvalue weighted by atomic mass is 10.2. The average Bonchev–Trinajstić information content (AvgIpc) is 2.90. The van der Waals surface area contributed by atoms with Gasteiger partial charge in [0.05, 0.1) is 29.4 Å². The molecule has 136 valence electrons. The quantitative estimate of drug-likeness (QED) is 0.791. The molecule has 0 atom stereocenters. The fourth-order valence-corrected chi connectivity index (χ4v) is 2.67. The summed E-state index contributed by atoms with van der Waals surface area (Å²) in [6.45, 7) is 5.15. The summed E-state index contributed by atoms with van der Waals surface area (Å²) in [5, 5.41) is 10.4. The van der Waals surface area contributed by atoms with Gasteiger partial charge in [-0.15, -0.1) is 5.10 Å². The van der Waals surface area contributed by atoms with Crippen LogP contribution in [0, 0.1) is 6.92 Å². The van der Waals surface area contributed by atoms with Gasteiger partial charge in [0.25, 0.3) is 0 Å². The Morgan fingerprint density at radius 1 is 1.32 bits per heavy atom. The first-order chi connectivity index (χ1) is 11.8. The molecule has 10 nitrogen and oxygen atoms in total. The number of carbonyl (C=O) groups excluding carboxylic acids is 1. The standard InChI is InChI=1S/C14H20N6O4S/c1-5-24-14(21)16-13-12(17-19-20(13)4)11-8-7-10(9(3)15-11)18-25(22,23)6-2/h7-8,18H,5-6H2,1-4H3,(H,16,21). The maximum Gasteiger partial charge on any atom is 0.412 e. The number of sulfonamides is 1. The lowest BCUT2D eigenvalue weighted by molar-refractivity contribution is 0.167. The smallest absolute Gasteiger partial charge is 0.412 e. The van der Waals surface area contributed by atoms with Crippen molar-refractivity contribution in [1.82, 2.24) is 20.0 Å². The molecule has 0 aliphatic heterocycles. The molecule has 0 saturated heterocycles. The number of amides is 1. The van der Waals surface area contributed by atoms with Crippen molar-refractivity contribution in [2.45, 2.75) is 20.8 Å². The summed E-state index contributed by atoms with van der Waals surface area (Å²) in [5.41, 5.74) is 1.65. The van der Waals surface area contributed by atoms with Gasteiger partial charge < -0.3 is 4.74 Å². The van der Waals surface area contributed by atoms with Gasteiger partial charge in [-0.3, -0.25) is 10.0 Å². The number of nitrogens with zero attached hydrogens (tertiary/aromatic N) is 4. The molecule has 2 aromatic heterocycles. The molecule has 0 aliphatic rings. The van der Waals surface area contributed by atoms with E-state index in [1.807, 2.05) is 0 Å². The van der Waals surface area contributed by atoms with E-state index in [0.717, 1.165) is 0 Å². The normalized spacial score (nSPS) is 11.2. The number of rotatable bonds is 6. The zero-order chi connectivity index (χ0) is 18.6. The van der Waals surface area contributed by atoms with Crippen LogP contribution >= 0.6 is 0 Å². The first-order valence-corrected chi connectivity index (χ1v) is 9.24. The van der Waals surface area contributed by atoms with Crippen LogP contribution in [0.5, 0.6) is 0 Å². The molecule has 0 radical (unpaired) electrons. The largest absolute Gasteiger partial charge is 0.450 e. The number of aromatic nitrogens is 4. The van der Waals surface area contributed by atoms with E-state index in [4.69, 9.17) is 4.74 Å². The monoisotopic (exact) mass is 368 g/mol. The van der Waals surface area contributed by atoms with Crippen LogP contribution in [-0.2, 0) is 21.8 Å². The molecule has 2 aromatic rings. The molecular weight excluding hydrogens is 348 g/mol. The van der Waals surface area contributed by atoms with Crippen molar-refractivity contribution in [2.24, 2.45) is 7.05 Å². The van der Waals surface area contributed by atoms with Gasteiger partial charge >= 0.3 is 6.09 Å². The van der Waals surface area contributed by atoms with Crippen molar-refractivity contribution in [3.05, 3.63) is 17.8 Å². The number of anilines is 2. The highest BCUT2D eigenvalue weighted by molar-refractivity contribution is 7.92. The lowest BCUT2D eigenvalue weighted by Gasteiger charge is -2.10. The second kappa shape index (κ2) is 7.47. The maximum atomic E-state index is 11.7. The van der Waals surface area contributed by atoms with E-state index in [-0.39, 0.29) is 12.4 Å². The van der Waals surface area contributed by atoms with Crippen molar-refractivity contribution >= 4 is 27.6 Å². The number of carbonyl (C=O) groups is 1. The Morgan fingerprint density at radius 2 is 2.04 bits per heavy atom. The van der Waals surface area contributed by atoms with Crippen molar-refractivity contribution in [2.75, 3.05) is 22.4 Å². The highest BCUT2D eigenvalue weighted by Gasteiger charge is 2.18. The summed E-state index contributed by atoms with van der Waals surface area (Å²) in [6, 6.07) is 3.19. The Bertz CT molecular complexity index is 877. The summed E-state index contributed by atoms with van der Waals surface area (Å²) < 4.78 is 32.1. The summed E-state index contributed by atoms with van der Waals surface area (Å²) in [4.78, 5) is 16.0. The highest BCUT2D eigenvalue weighted by Crippen LogP contribution is 2.26. The number of aryl methyl sites for hydroxylation is 2. The molecule has 0 unspecified atom stereocenters. The third-order valence-electron chi connectivity index (χ3n) is 3.30. The number of hydrogen-bond donors (Lipinski definition) is 2. The van der Waals surface area contributed by atoms with Crippen molar-refractivity contribution < 1.29 is 17.9 Å². The Hall–Kier alpha value is -2.69. The summed E-state index contributed by atoms with van der Waals surface area (Å²) >= 11 is 0. The predicted molar refractivity (Wildman–Crippen MR) is 92.7 cm³/mol. The maximum absolute atomic E-state index is 11.7. The lowest BCUT2D eigenvalue weighted by Crippen LogP contribution is -2.17. The summed E-state index contributed by atoms with van der Waals surface area (Å²) in [7, 11) is -1.77. The zero-order valence-electron chi connectivity index (χ0n) is 14.4. The molecule has 2 N–H and O–H groups in total. The van der Waals surface area contributed by atoms with E-state index in [1.165, 1.54) is 4.68 Å². The minimum atomic E-state index is -3.39. The fourth-order valence-electron chi connectivity index (χ4n) is 1.97. The topological polar surface area (TPSA) is 128 Å². The zero-order valence-corrected chi connectivity index (χ0v) is 15.2. The SMILES string of the molecule is CCOC(=O)Nc1c(-c2ccc(NS(=O)(=O)CC)c(C)n2)nnn1C. The number of nitrogens with one attached hydrogen (secondary N) is 2. The van der Waals surface area contributed by atoms with Crippen LogP contribution in [-0.4, -0.2) is 46.8 Å². The van der Waals surface area contributed by atoms with Gasteiger partial charge in [-0.25, -0.2) is 22.9 Å². The van der Waals surface area contributed by atoms with Gasteiger partial charge in [-0.2, -0.15) is 0 Å². The van der Waals surface area contributed by atoms with Gasteiger partial charge in [0.1, 0.15) is 0 Å². The second-order valence-electron chi connectivity index (χ2n) is 5.09. The summed E-state index contributed by atoms with van der Waals surface area (Å²) in [5.74, 6) is 0.290. The molecular formula is C14H20N6O4S. The van der Waals surface area contributed by atoms with E-state index in [2.05, 4.69) is 25.3 Å². The van der Waals surface area contributed by atoms with E-state index < -0.39 is 16.1 Å². The minimum absolute atomic E-state index is 0.0358. The molecule has 2 rings (SSSR count). The van der Waals surface area contributed by atoms with Crippen LogP contribution in [0.1, 0.15) is 19.5 Å². The Balaban J connectivity index is 2.34. The minimum Gasteiger partial charge on any atom is -0.450 e. The number of pyridine rings is 1. The molecule has 0 saturated carbocycles. The van der Waals surface area contributed by atoms with Gasteiger partial charge in [-0.05, 0) is 32.9 Å². The number of ether oxygens (including phenoxy) is 1. The Labute approximate surface area is 145 Å². The van der Waals surface area contributed by atoms with Crippen molar-refractivity contribution in [1.29, 1.82) is 0 Å². The van der Waals surface area contributed by atoms with Crippen molar-refractivity contribution in [3.8, 4) is 11.4 Å². The molecule has 0 spiro atoms. The van der Waals surface area contributed by atoms with Crippen LogP contribution in [0.4, 0.5) is 16.3 Å². The van der Waals surface area contributed by atoms with E-state index in [9.17, 15) is 13.2 Å². The van der Waals surface area contributed by atoms with Crippen LogP contribution < -0.4 is 10.0 Å². The first kappa shape index (κ1) is 18.6. The molecule has 2 heterocycles. The van der Waals surface area contributed by atoms with Crippen molar-refractivity contribution in [3.63, 3.8) is 0 Å². The van der Waals surface area contributed by atoms with E-state index in [0.29, 0.717) is 28.6 Å². The van der Waals surface area contributed by atoms with Crippen LogP contribution in [0.15, 0.2) is 12.1 Å². The molecule has 0 fully saturated rings. The Morgan fingerprint density at radius 3 is 2.64 bits per heavy atom. The molecule has 25 heavy (non-hydrogen) atoms. The van der Waals surface area contributed by atoms with Crippen LogP contribution in [0.25, 0.3) is 11.4 Å². The molecule has 0 aromatic carbocycles. The van der Waals surface area contributed by atoms with Gasteiger partial charge in [-0.1, -0.05) is 5.21 Å². The third-order valence-corrected chi connectivity index (χ3v) is 4.59. The number of hydrogen-bond acceptors (Lipinski definition) is 7. The van der Waals surface area contributed by atoms with Crippen LogP contribution in [0.2, 0.25) is 0 Å². The van der Waals surface area contributed by atoms with Crippen LogP contribution in [0.3, 0.4) is 0 Å². The highest BCUT2D eigenvalue weighted by atomic mass is 32.2. The molecule has 11 heteroatoms. The van der Waals surface area contributed by atoms with Gasteiger partial charge in [0.15, 0.2) is 11.5 Å². The first-order valence-electron chi connectivity index (χ1n) is 7.59. The fraction of sp³-hybridized carbons (Fsp3) is 0.429. The van der Waals surface area contributed by atoms with Gasteiger partial charge in [0.2, 0.25) is 10.0 Å². The predicted octanol–water partition coefficient (Wildman–Crippen LogP) is 1.52. The Kier molecular flexibility index (Phi) is 5.57. The second-order valence-corrected chi connectivity index (χ2v) is 7.10. The van der Waals surface area contributed by atoms with Gasteiger partial charge in [0, 0.05) is 7.05 Å².